The number of benzene rings is 4. The van der Waals surface area contributed by atoms with Crippen molar-refractivity contribution in [3.8, 4) is 0 Å². The molecule has 0 amide bonds. The van der Waals surface area contributed by atoms with Crippen LogP contribution < -0.4 is 0 Å². The summed E-state index contributed by atoms with van der Waals surface area (Å²) in [6, 6.07) is 31.6. The summed E-state index contributed by atoms with van der Waals surface area (Å²) in [7, 11) is -8.89. The molecule has 4 rings (SSSR count). The van der Waals surface area contributed by atoms with Crippen LogP contribution in [0.5, 0.6) is 0 Å². The Balaban J connectivity index is 1.96. The van der Waals surface area contributed by atoms with Gasteiger partial charge in [0.25, 0.3) is 0 Å². The van der Waals surface area contributed by atoms with E-state index in [2.05, 4.69) is 39.8 Å². The maximum Gasteiger partial charge on any atom is 0.199 e. The molecular weight excluding hydrogens is 573 g/mol. The van der Waals surface area contributed by atoms with E-state index in [9.17, 15) is 16.8 Å². The van der Waals surface area contributed by atoms with E-state index < -0.39 is 29.7 Å². The Hall–Kier alpha value is -3.48. The Labute approximate surface area is 258 Å². The number of sulfone groups is 2. The topological polar surface area (TPSA) is 68.3 Å². The number of hydrogen-bond donors (Lipinski definition) is 0. The van der Waals surface area contributed by atoms with E-state index in [0.29, 0.717) is 17.4 Å². The number of hydrogen-bond acceptors (Lipinski definition) is 4. The van der Waals surface area contributed by atoms with Gasteiger partial charge in [0.2, 0.25) is 0 Å². The molecule has 4 nitrogen and oxygen atoms in total. The van der Waals surface area contributed by atoms with Crippen molar-refractivity contribution in [2.45, 2.75) is 67.2 Å². The zero-order chi connectivity index (χ0) is 31.3. The Bertz CT molecular complexity index is 1650. The van der Waals surface area contributed by atoms with Crippen LogP contribution >= 0.6 is 0 Å². The Morgan fingerprint density at radius 1 is 0.581 bits per heavy atom. The lowest BCUT2D eigenvalue weighted by Crippen LogP contribution is -2.48. The minimum absolute atomic E-state index is 0.0372. The fourth-order valence-electron chi connectivity index (χ4n) is 5.51. The summed E-state index contributed by atoms with van der Waals surface area (Å²) >= 11 is 0. The third-order valence-electron chi connectivity index (χ3n) is 7.83. The zero-order valence-electron chi connectivity index (χ0n) is 25.6. The van der Waals surface area contributed by atoms with E-state index in [1.54, 1.807) is 42.5 Å². The zero-order valence-corrected chi connectivity index (χ0v) is 27.3. The Morgan fingerprint density at radius 2 is 0.977 bits per heavy atom. The van der Waals surface area contributed by atoms with Crippen LogP contribution in [0.2, 0.25) is 0 Å². The van der Waals surface area contributed by atoms with E-state index >= 15 is 0 Å². The van der Waals surface area contributed by atoms with Crippen LogP contribution in [0.1, 0.15) is 62.8 Å². The highest BCUT2D eigenvalue weighted by Gasteiger charge is 2.57. The monoisotopic (exact) mass is 614 g/mol. The standard InChI is InChI=1S/C37H42O4S2/c1-28(2)26-31-18-16-30(17-19-31)22-25-36(33-23-20-32(21-24-33)27-29(3)4)37(5,42(38,39)34-12-8-6-9-13-34)43(40,41)35-14-10-7-11-15-35/h6-25,28-29,36H,26-27H2,1-5H3/b25-22+. The van der Waals surface area contributed by atoms with Crippen molar-refractivity contribution in [2.24, 2.45) is 11.8 Å². The smallest absolute Gasteiger partial charge is 0.199 e. The van der Waals surface area contributed by atoms with E-state index in [-0.39, 0.29) is 9.79 Å². The van der Waals surface area contributed by atoms with E-state index in [1.165, 1.54) is 36.8 Å². The number of rotatable bonds is 12. The lowest BCUT2D eigenvalue weighted by Gasteiger charge is -2.35. The van der Waals surface area contributed by atoms with Crippen LogP contribution in [0.15, 0.2) is 125 Å². The van der Waals surface area contributed by atoms with Gasteiger partial charge >= 0.3 is 0 Å². The maximum absolute atomic E-state index is 14.6. The molecule has 226 valence electrons. The molecule has 0 heterocycles. The fraction of sp³-hybridized carbons (Fsp3) is 0.297. The second-order valence-corrected chi connectivity index (χ2v) is 17.1. The van der Waals surface area contributed by atoms with Gasteiger partial charge in [-0.2, -0.15) is 0 Å². The number of allylic oxidation sites excluding steroid dienone is 1. The quantitative estimate of drug-likeness (QED) is 0.160. The van der Waals surface area contributed by atoms with Gasteiger partial charge in [-0.05, 0) is 78.1 Å². The van der Waals surface area contributed by atoms with Crippen molar-refractivity contribution in [3.63, 3.8) is 0 Å². The Morgan fingerprint density at radius 3 is 1.37 bits per heavy atom. The molecule has 0 spiro atoms. The van der Waals surface area contributed by atoms with Gasteiger partial charge in [-0.1, -0.05) is 125 Å². The van der Waals surface area contributed by atoms with Gasteiger partial charge in [0, 0.05) is 5.92 Å². The average molecular weight is 615 g/mol. The molecule has 4 aromatic carbocycles. The van der Waals surface area contributed by atoms with Gasteiger partial charge in [0.1, 0.15) is 0 Å². The highest BCUT2D eigenvalue weighted by molar-refractivity contribution is 8.10. The highest BCUT2D eigenvalue weighted by atomic mass is 32.3. The van der Waals surface area contributed by atoms with Gasteiger partial charge in [0.15, 0.2) is 23.8 Å². The first-order valence-corrected chi connectivity index (χ1v) is 17.8. The van der Waals surface area contributed by atoms with Gasteiger partial charge in [-0.25, -0.2) is 16.8 Å². The van der Waals surface area contributed by atoms with Crippen molar-refractivity contribution in [2.75, 3.05) is 0 Å². The predicted octanol–water partition coefficient (Wildman–Crippen LogP) is 8.54. The van der Waals surface area contributed by atoms with Crippen LogP contribution in [0, 0.1) is 11.8 Å². The molecule has 43 heavy (non-hydrogen) atoms. The first-order valence-electron chi connectivity index (χ1n) is 14.8. The van der Waals surface area contributed by atoms with Crippen molar-refractivity contribution < 1.29 is 16.8 Å². The van der Waals surface area contributed by atoms with Crippen LogP contribution in [-0.2, 0) is 32.5 Å². The second-order valence-electron chi connectivity index (χ2n) is 12.2. The third-order valence-corrected chi connectivity index (χ3v) is 13.6. The second kappa shape index (κ2) is 13.4. The van der Waals surface area contributed by atoms with E-state index in [0.717, 1.165) is 24.0 Å². The first-order chi connectivity index (χ1) is 20.4. The Kier molecular flexibility index (Phi) is 10.1. The molecule has 0 bridgehead atoms. The fourth-order valence-corrected chi connectivity index (χ4v) is 10.3. The summed E-state index contributed by atoms with van der Waals surface area (Å²) in [4.78, 5) is -0.0743. The molecule has 0 aliphatic carbocycles. The van der Waals surface area contributed by atoms with E-state index in [4.69, 9.17) is 0 Å². The van der Waals surface area contributed by atoms with Gasteiger partial charge in [-0.3, -0.25) is 0 Å². The molecule has 0 saturated heterocycles. The minimum Gasteiger partial charge on any atom is -0.222 e. The molecule has 0 aliphatic heterocycles. The molecule has 0 aliphatic rings. The highest BCUT2D eigenvalue weighted by Crippen LogP contribution is 2.46. The molecule has 4 aromatic rings. The molecule has 0 aromatic heterocycles. The van der Waals surface area contributed by atoms with Crippen LogP contribution in [-0.4, -0.2) is 20.9 Å². The largest absolute Gasteiger partial charge is 0.222 e. The van der Waals surface area contributed by atoms with Crippen molar-refractivity contribution in [1.82, 2.24) is 0 Å². The van der Waals surface area contributed by atoms with Crippen LogP contribution in [0.25, 0.3) is 6.08 Å². The third kappa shape index (κ3) is 7.02. The molecule has 0 fully saturated rings. The maximum atomic E-state index is 14.6. The summed E-state index contributed by atoms with van der Waals surface area (Å²) in [5.41, 5.74) is 3.81. The lowest BCUT2D eigenvalue weighted by atomic mass is 9.92. The lowest BCUT2D eigenvalue weighted by molar-refractivity contribution is 0.532. The SMILES string of the molecule is CC(C)Cc1ccc(/C=C/C(c2ccc(CC(C)C)cc2)C(C)(S(=O)(=O)c2ccccc2)S(=O)(=O)c2ccccc2)cc1. The molecule has 0 N–H and O–H groups in total. The molecule has 0 saturated carbocycles. The van der Waals surface area contributed by atoms with Gasteiger partial charge in [0.05, 0.1) is 9.79 Å². The van der Waals surface area contributed by atoms with Crippen molar-refractivity contribution in [1.29, 1.82) is 0 Å². The van der Waals surface area contributed by atoms with E-state index in [1.807, 2.05) is 42.5 Å². The summed E-state index contributed by atoms with van der Waals surface area (Å²) in [6.45, 7) is 9.99. The first kappa shape index (κ1) is 32.4. The minimum atomic E-state index is -4.45. The predicted molar refractivity (Wildman–Crippen MR) is 177 cm³/mol. The van der Waals surface area contributed by atoms with Crippen LogP contribution in [0.3, 0.4) is 0 Å². The average Bonchev–Trinajstić information content (AvgIpc) is 2.99. The van der Waals surface area contributed by atoms with Gasteiger partial charge < -0.3 is 0 Å². The molecular formula is C37H42O4S2. The van der Waals surface area contributed by atoms with Crippen LogP contribution in [0.4, 0.5) is 0 Å². The summed E-state index contributed by atoms with van der Waals surface area (Å²) in [6.07, 6.45) is 5.41. The molecule has 0 radical (unpaired) electrons. The van der Waals surface area contributed by atoms with Crippen molar-refractivity contribution >= 4 is 25.8 Å². The normalized spacial score (nSPS) is 13.6. The molecule has 1 unspecified atom stereocenters. The summed E-state index contributed by atoms with van der Waals surface area (Å²) in [5, 5.41) is 0. The molecule has 6 heteroatoms. The molecule has 1 atom stereocenters. The summed E-state index contributed by atoms with van der Waals surface area (Å²) < 4.78 is 56.3. The van der Waals surface area contributed by atoms with Gasteiger partial charge in [-0.15, -0.1) is 0 Å². The summed E-state index contributed by atoms with van der Waals surface area (Å²) in [5.74, 6) is -0.0507. The van der Waals surface area contributed by atoms with Crippen molar-refractivity contribution in [3.05, 3.63) is 138 Å².